The summed E-state index contributed by atoms with van der Waals surface area (Å²) in [5.74, 6) is -0.606. The van der Waals surface area contributed by atoms with Crippen LogP contribution < -0.4 is 4.74 Å². The summed E-state index contributed by atoms with van der Waals surface area (Å²) in [6, 6.07) is 14.1. The maximum absolute atomic E-state index is 14.7. The molecule has 0 radical (unpaired) electrons. The van der Waals surface area contributed by atoms with Gasteiger partial charge in [0.05, 0.1) is 23.0 Å². The van der Waals surface area contributed by atoms with Crippen molar-refractivity contribution in [3.8, 4) is 28.4 Å². The number of nitrogens with zero attached hydrogens (tertiary/aromatic N) is 6. The summed E-state index contributed by atoms with van der Waals surface area (Å²) in [6.07, 6.45) is 4.44. The lowest BCUT2D eigenvalue weighted by Gasteiger charge is -2.06. The van der Waals surface area contributed by atoms with Gasteiger partial charge in [-0.2, -0.15) is 5.10 Å². The Kier molecular flexibility index (Phi) is 4.75. The van der Waals surface area contributed by atoms with E-state index in [0.717, 1.165) is 0 Å². The van der Waals surface area contributed by atoms with Crippen LogP contribution in [0.25, 0.3) is 28.0 Å². The number of benzene rings is 2. The van der Waals surface area contributed by atoms with Gasteiger partial charge in [0.15, 0.2) is 5.82 Å². The van der Waals surface area contributed by atoms with Crippen molar-refractivity contribution in [3.05, 3.63) is 90.6 Å². The molecule has 0 saturated heterocycles. The molecular weight excluding hydrogens is 402 g/mol. The number of aromatic nitrogens is 6. The van der Waals surface area contributed by atoms with Gasteiger partial charge in [0.25, 0.3) is 0 Å². The Morgan fingerprint density at radius 2 is 1.65 bits per heavy atom. The maximum atomic E-state index is 14.7. The summed E-state index contributed by atoms with van der Waals surface area (Å²) in [4.78, 5) is 8.00. The standard InChI is InChI=1S/C22H14F2N6O/c23-17-7-3-1-5-15(17)20-19-11-27-28-21(16-6-2-4-8-18(16)24)30(19)29-22(20)31-12-14-9-10-25-13-26-14/h1-11,13H,12H2. The molecule has 0 bridgehead atoms. The first-order chi connectivity index (χ1) is 15.2. The normalized spacial score (nSPS) is 11.0. The van der Waals surface area contributed by atoms with Gasteiger partial charge < -0.3 is 4.74 Å². The summed E-state index contributed by atoms with van der Waals surface area (Å²) < 4.78 is 36.5. The molecule has 3 heterocycles. The second-order valence-corrected chi connectivity index (χ2v) is 6.59. The Balaban J connectivity index is 1.71. The van der Waals surface area contributed by atoms with Crippen LogP contribution in [0.15, 0.2) is 73.3 Å². The predicted molar refractivity (Wildman–Crippen MR) is 108 cm³/mol. The molecule has 5 rings (SSSR count). The van der Waals surface area contributed by atoms with E-state index in [2.05, 4.69) is 25.3 Å². The van der Waals surface area contributed by atoms with Crippen molar-refractivity contribution in [2.75, 3.05) is 0 Å². The third-order valence-electron chi connectivity index (χ3n) is 4.68. The fraction of sp³-hybridized carbons (Fsp3) is 0.0455. The van der Waals surface area contributed by atoms with Crippen molar-refractivity contribution >= 4 is 5.52 Å². The van der Waals surface area contributed by atoms with Gasteiger partial charge in [-0.3, -0.25) is 0 Å². The molecule has 3 aromatic heterocycles. The molecule has 0 atom stereocenters. The smallest absolute Gasteiger partial charge is 0.242 e. The van der Waals surface area contributed by atoms with Crippen molar-refractivity contribution < 1.29 is 13.5 Å². The maximum Gasteiger partial charge on any atom is 0.242 e. The minimum absolute atomic E-state index is 0.0870. The molecule has 0 unspecified atom stereocenters. The number of halogens is 2. The molecular formula is C22H14F2N6O. The highest BCUT2D eigenvalue weighted by Crippen LogP contribution is 2.37. The van der Waals surface area contributed by atoms with Crippen LogP contribution in [0, 0.1) is 11.6 Å². The molecule has 0 fully saturated rings. The van der Waals surface area contributed by atoms with E-state index in [1.165, 1.54) is 29.2 Å². The van der Waals surface area contributed by atoms with E-state index < -0.39 is 11.6 Å². The Labute approximate surface area is 175 Å². The fourth-order valence-electron chi connectivity index (χ4n) is 3.25. The van der Waals surface area contributed by atoms with E-state index in [1.807, 2.05) is 0 Å². The molecule has 2 aromatic carbocycles. The van der Waals surface area contributed by atoms with E-state index in [9.17, 15) is 8.78 Å². The molecule has 0 aliphatic rings. The molecule has 0 N–H and O–H groups in total. The molecule has 0 aliphatic carbocycles. The Hall–Kier alpha value is -4.27. The molecule has 7 nitrogen and oxygen atoms in total. The Morgan fingerprint density at radius 1 is 0.903 bits per heavy atom. The van der Waals surface area contributed by atoms with Gasteiger partial charge in [-0.1, -0.05) is 30.3 Å². The summed E-state index contributed by atoms with van der Waals surface area (Å²) in [5, 5.41) is 12.5. The number of hydrogen-bond acceptors (Lipinski definition) is 6. The summed E-state index contributed by atoms with van der Waals surface area (Å²) in [5.41, 5.74) is 1.93. The van der Waals surface area contributed by atoms with Crippen LogP contribution in [-0.2, 0) is 6.61 Å². The number of rotatable bonds is 5. The number of ether oxygens (including phenoxy) is 1. The zero-order valence-electron chi connectivity index (χ0n) is 16.0. The van der Waals surface area contributed by atoms with Gasteiger partial charge in [-0.25, -0.2) is 23.3 Å². The minimum Gasteiger partial charge on any atom is -0.470 e. The van der Waals surface area contributed by atoms with Crippen molar-refractivity contribution in [2.24, 2.45) is 0 Å². The highest BCUT2D eigenvalue weighted by atomic mass is 19.1. The molecule has 0 amide bonds. The topological polar surface area (TPSA) is 78.1 Å². The van der Waals surface area contributed by atoms with Gasteiger partial charge in [0.2, 0.25) is 5.88 Å². The van der Waals surface area contributed by atoms with E-state index in [4.69, 9.17) is 4.74 Å². The lowest BCUT2D eigenvalue weighted by molar-refractivity contribution is 0.288. The van der Waals surface area contributed by atoms with Crippen molar-refractivity contribution in [1.29, 1.82) is 0 Å². The SMILES string of the molecule is Fc1ccccc1-c1c(OCc2ccncn2)nn2c(-c3ccccc3F)nncc12. The first-order valence-electron chi connectivity index (χ1n) is 9.34. The first-order valence-corrected chi connectivity index (χ1v) is 9.34. The molecule has 31 heavy (non-hydrogen) atoms. The van der Waals surface area contributed by atoms with Gasteiger partial charge in [0.1, 0.15) is 30.1 Å². The second-order valence-electron chi connectivity index (χ2n) is 6.59. The van der Waals surface area contributed by atoms with Crippen LogP contribution in [-0.4, -0.2) is 29.8 Å². The van der Waals surface area contributed by atoms with Gasteiger partial charge in [-0.05, 0) is 24.3 Å². The van der Waals surface area contributed by atoms with Crippen LogP contribution >= 0.6 is 0 Å². The monoisotopic (exact) mass is 416 g/mol. The summed E-state index contributed by atoms with van der Waals surface area (Å²) >= 11 is 0. The molecule has 9 heteroatoms. The zero-order chi connectivity index (χ0) is 21.2. The molecule has 152 valence electrons. The number of hydrogen-bond donors (Lipinski definition) is 0. The fourth-order valence-corrected chi connectivity index (χ4v) is 3.25. The second kappa shape index (κ2) is 7.86. The van der Waals surface area contributed by atoms with Gasteiger partial charge in [-0.15, -0.1) is 10.2 Å². The third kappa shape index (κ3) is 3.46. The average Bonchev–Trinajstić information content (AvgIpc) is 3.17. The van der Waals surface area contributed by atoms with Crippen LogP contribution in [0.2, 0.25) is 0 Å². The Bertz CT molecular complexity index is 1370. The quantitative estimate of drug-likeness (QED) is 0.429. The van der Waals surface area contributed by atoms with Crippen molar-refractivity contribution in [1.82, 2.24) is 29.8 Å². The molecule has 0 aliphatic heterocycles. The van der Waals surface area contributed by atoms with Gasteiger partial charge >= 0.3 is 0 Å². The summed E-state index contributed by atoms with van der Waals surface area (Å²) in [6.45, 7) is 0.0870. The van der Waals surface area contributed by atoms with Gasteiger partial charge in [0, 0.05) is 11.8 Å². The van der Waals surface area contributed by atoms with Crippen molar-refractivity contribution in [2.45, 2.75) is 6.61 Å². The minimum atomic E-state index is -0.476. The average molecular weight is 416 g/mol. The lowest BCUT2D eigenvalue weighted by atomic mass is 10.1. The van der Waals surface area contributed by atoms with E-state index in [0.29, 0.717) is 16.8 Å². The van der Waals surface area contributed by atoms with Crippen LogP contribution in [0.5, 0.6) is 5.88 Å². The first kappa shape index (κ1) is 18.7. The predicted octanol–water partition coefficient (Wildman–Crippen LogP) is 4.11. The molecule has 5 aromatic rings. The molecule has 0 spiro atoms. The Morgan fingerprint density at radius 3 is 2.35 bits per heavy atom. The van der Waals surface area contributed by atoms with E-state index >= 15 is 0 Å². The lowest BCUT2D eigenvalue weighted by Crippen LogP contribution is -2.02. The van der Waals surface area contributed by atoms with Crippen LogP contribution in [0.4, 0.5) is 8.78 Å². The van der Waals surface area contributed by atoms with E-state index in [-0.39, 0.29) is 29.4 Å². The summed E-state index contributed by atoms with van der Waals surface area (Å²) in [7, 11) is 0. The van der Waals surface area contributed by atoms with Crippen LogP contribution in [0.1, 0.15) is 5.69 Å². The third-order valence-corrected chi connectivity index (χ3v) is 4.68. The van der Waals surface area contributed by atoms with Crippen LogP contribution in [0.3, 0.4) is 0 Å². The number of fused-ring (bicyclic) bond motifs is 1. The highest BCUT2D eigenvalue weighted by molar-refractivity contribution is 5.85. The highest BCUT2D eigenvalue weighted by Gasteiger charge is 2.23. The zero-order valence-corrected chi connectivity index (χ0v) is 16.0. The van der Waals surface area contributed by atoms with E-state index in [1.54, 1.807) is 48.7 Å². The van der Waals surface area contributed by atoms with Crippen molar-refractivity contribution in [3.63, 3.8) is 0 Å². The largest absolute Gasteiger partial charge is 0.470 e. The molecule has 0 saturated carbocycles.